The molecule has 3 atom stereocenters. The molecular weight excluding hydrogens is 256 g/mol. The summed E-state index contributed by atoms with van der Waals surface area (Å²) >= 11 is 0. The summed E-state index contributed by atoms with van der Waals surface area (Å²) in [7, 11) is 0. The SMILES string of the molecule is Cc1cc(C(C)NC(=O)NC2CCCCC2O)c(C)o1. The van der Waals surface area contributed by atoms with Crippen LogP contribution >= 0.6 is 0 Å². The first-order valence-corrected chi connectivity index (χ1v) is 7.29. The Morgan fingerprint density at radius 1 is 1.40 bits per heavy atom. The lowest BCUT2D eigenvalue weighted by atomic mass is 9.93. The van der Waals surface area contributed by atoms with Crippen molar-refractivity contribution in [2.24, 2.45) is 0 Å². The molecule has 1 fully saturated rings. The van der Waals surface area contributed by atoms with Gasteiger partial charge < -0.3 is 20.2 Å². The maximum absolute atomic E-state index is 12.0. The van der Waals surface area contributed by atoms with Crippen LogP contribution in [0.25, 0.3) is 0 Å². The van der Waals surface area contributed by atoms with E-state index in [1.54, 1.807) is 0 Å². The molecule has 1 aromatic rings. The molecule has 0 saturated heterocycles. The normalized spacial score (nSPS) is 24.2. The predicted octanol–water partition coefficient (Wildman–Crippen LogP) is 2.56. The van der Waals surface area contributed by atoms with Crippen LogP contribution in [0.4, 0.5) is 4.79 Å². The number of aliphatic hydroxyl groups excluding tert-OH is 1. The number of urea groups is 1. The van der Waals surface area contributed by atoms with E-state index in [0.29, 0.717) is 0 Å². The maximum atomic E-state index is 12.0. The Balaban J connectivity index is 1.89. The third-order valence-electron chi connectivity index (χ3n) is 3.94. The molecule has 0 aromatic carbocycles. The van der Waals surface area contributed by atoms with Gasteiger partial charge in [-0.25, -0.2) is 4.79 Å². The standard InChI is InChI=1S/C15H24N2O3/c1-9-8-12(11(3)20-9)10(2)16-15(19)17-13-6-4-5-7-14(13)18/h8,10,13-14,18H,4-7H2,1-3H3,(H2,16,17,19). The van der Waals surface area contributed by atoms with Crippen molar-refractivity contribution in [1.29, 1.82) is 0 Å². The molecule has 0 aliphatic heterocycles. The highest BCUT2D eigenvalue weighted by molar-refractivity contribution is 5.74. The second kappa shape index (κ2) is 6.31. The fourth-order valence-electron chi connectivity index (χ4n) is 2.84. The smallest absolute Gasteiger partial charge is 0.315 e. The number of furan rings is 1. The van der Waals surface area contributed by atoms with Gasteiger partial charge in [0.2, 0.25) is 0 Å². The lowest BCUT2D eigenvalue weighted by Crippen LogP contribution is -2.49. The Hall–Kier alpha value is -1.49. The number of aryl methyl sites for hydroxylation is 2. The highest BCUT2D eigenvalue weighted by atomic mass is 16.3. The predicted molar refractivity (Wildman–Crippen MR) is 76.5 cm³/mol. The molecule has 0 spiro atoms. The number of hydrogen-bond donors (Lipinski definition) is 3. The lowest BCUT2D eigenvalue weighted by Gasteiger charge is -2.28. The van der Waals surface area contributed by atoms with Crippen molar-refractivity contribution in [3.63, 3.8) is 0 Å². The van der Waals surface area contributed by atoms with E-state index in [4.69, 9.17) is 4.42 Å². The van der Waals surface area contributed by atoms with E-state index in [9.17, 15) is 9.90 Å². The fourth-order valence-corrected chi connectivity index (χ4v) is 2.84. The minimum Gasteiger partial charge on any atom is -0.466 e. The van der Waals surface area contributed by atoms with Gasteiger partial charge >= 0.3 is 6.03 Å². The van der Waals surface area contributed by atoms with Crippen LogP contribution in [0.2, 0.25) is 0 Å². The molecule has 1 aliphatic carbocycles. The minimum atomic E-state index is -0.428. The molecule has 112 valence electrons. The Morgan fingerprint density at radius 3 is 2.70 bits per heavy atom. The molecule has 3 unspecified atom stereocenters. The summed E-state index contributed by atoms with van der Waals surface area (Å²) < 4.78 is 5.47. The molecule has 0 bridgehead atoms. The second-order valence-electron chi connectivity index (χ2n) is 5.67. The van der Waals surface area contributed by atoms with Crippen molar-refractivity contribution in [1.82, 2.24) is 10.6 Å². The maximum Gasteiger partial charge on any atom is 0.315 e. The number of carbonyl (C=O) groups excluding carboxylic acids is 1. The molecular formula is C15H24N2O3. The first-order chi connectivity index (χ1) is 9.47. The number of hydrogen-bond acceptors (Lipinski definition) is 3. The second-order valence-corrected chi connectivity index (χ2v) is 5.67. The van der Waals surface area contributed by atoms with Crippen molar-refractivity contribution in [3.05, 3.63) is 23.2 Å². The Morgan fingerprint density at radius 2 is 2.10 bits per heavy atom. The first kappa shape index (κ1) is 14.9. The topological polar surface area (TPSA) is 74.5 Å². The van der Waals surface area contributed by atoms with E-state index in [1.165, 1.54) is 0 Å². The van der Waals surface area contributed by atoms with Crippen molar-refractivity contribution in [2.45, 2.75) is 64.6 Å². The van der Waals surface area contributed by atoms with Gasteiger partial charge in [-0.3, -0.25) is 0 Å². The van der Waals surface area contributed by atoms with E-state index in [2.05, 4.69) is 10.6 Å². The summed E-state index contributed by atoms with van der Waals surface area (Å²) in [5, 5.41) is 15.6. The summed E-state index contributed by atoms with van der Waals surface area (Å²) in [4.78, 5) is 12.0. The fraction of sp³-hybridized carbons (Fsp3) is 0.667. The van der Waals surface area contributed by atoms with Gasteiger partial charge in [-0.05, 0) is 39.7 Å². The number of amides is 2. The number of rotatable bonds is 3. The molecule has 1 aromatic heterocycles. The molecule has 20 heavy (non-hydrogen) atoms. The van der Waals surface area contributed by atoms with Crippen LogP contribution < -0.4 is 10.6 Å². The molecule has 1 saturated carbocycles. The quantitative estimate of drug-likeness (QED) is 0.796. The minimum absolute atomic E-state index is 0.117. The van der Waals surface area contributed by atoms with E-state index in [-0.39, 0.29) is 18.1 Å². The summed E-state index contributed by atoms with van der Waals surface area (Å²) in [6.45, 7) is 5.71. The van der Waals surface area contributed by atoms with Gasteiger partial charge in [0, 0.05) is 5.56 Å². The van der Waals surface area contributed by atoms with Gasteiger partial charge in [-0.2, -0.15) is 0 Å². The van der Waals surface area contributed by atoms with Crippen LogP contribution in [0.3, 0.4) is 0 Å². The van der Waals surface area contributed by atoms with E-state index in [1.807, 2.05) is 26.8 Å². The highest BCUT2D eigenvalue weighted by Crippen LogP contribution is 2.21. The summed E-state index contributed by atoms with van der Waals surface area (Å²) in [6.07, 6.45) is 3.26. The van der Waals surface area contributed by atoms with Crippen molar-refractivity contribution in [3.8, 4) is 0 Å². The Bertz CT molecular complexity index is 470. The molecule has 5 heteroatoms. The van der Waals surface area contributed by atoms with Crippen LogP contribution in [0, 0.1) is 13.8 Å². The van der Waals surface area contributed by atoms with Crippen molar-refractivity contribution < 1.29 is 14.3 Å². The number of nitrogens with one attached hydrogen (secondary N) is 2. The van der Waals surface area contributed by atoms with E-state index < -0.39 is 6.10 Å². The van der Waals surface area contributed by atoms with Crippen LogP contribution in [-0.4, -0.2) is 23.3 Å². The lowest BCUT2D eigenvalue weighted by molar-refractivity contribution is 0.0941. The van der Waals surface area contributed by atoms with Gasteiger partial charge in [0.25, 0.3) is 0 Å². The zero-order chi connectivity index (χ0) is 14.7. The van der Waals surface area contributed by atoms with E-state index >= 15 is 0 Å². The summed E-state index contributed by atoms with van der Waals surface area (Å²) in [5.74, 6) is 1.67. The molecule has 2 amide bonds. The van der Waals surface area contributed by atoms with E-state index in [0.717, 1.165) is 42.8 Å². The zero-order valence-electron chi connectivity index (χ0n) is 12.4. The summed E-state index contributed by atoms with van der Waals surface area (Å²) in [5.41, 5.74) is 0.988. The van der Waals surface area contributed by atoms with Crippen LogP contribution in [0.15, 0.2) is 10.5 Å². The molecule has 3 N–H and O–H groups in total. The van der Waals surface area contributed by atoms with Crippen molar-refractivity contribution >= 4 is 6.03 Å². The number of carbonyl (C=O) groups is 1. The zero-order valence-corrected chi connectivity index (χ0v) is 12.4. The third kappa shape index (κ3) is 3.54. The third-order valence-corrected chi connectivity index (χ3v) is 3.94. The van der Waals surface area contributed by atoms with Gasteiger partial charge in [0.15, 0.2) is 0 Å². The van der Waals surface area contributed by atoms with Gasteiger partial charge in [-0.15, -0.1) is 0 Å². The van der Waals surface area contributed by atoms with Gasteiger partial charge in [0.1, 0.15) is 11.5 Å². The molecule has 0 radical (unpaired) electrons. The first-order valence-electron chi connectivity index (χ1n) is 7.29. The van der Waals surface area contributed by atoms with Crippen LogP contribution in [0.1, 0.15) is 55.7 Å². The summed E-state index contributed by atoms with van der Waals surface area (Å²) in [6, 6.07) is 1.45. The number of aliphatic hydroxyl groups is 1. The molecule has 1 aliphatic rings. The van der Waals surface area contributed by atoms with Gasteiger partial charge in [0.05, 0.1) is 18.2 Å². The largest absolute Gasteiger partial charge is 0.466 e. The Labute approximate surface area is 119 Å². The van der Waals surface area contributed by atoms with Crippen molar-refractivity contribution in [2.75, 3.05) is 0 Å². The molecule has 1 heterocycles. The average Bonchev–Trinajstić information content (AvgIpc) is 2.71. The van der Waals surface area contributed by atoms with Gasteiger partial charge in [-0.1, -0.05) is 12.8 Å². The Kier molecular flexibility index (Phi) is 4.70. The van der Waals surface area contributed by atoms with Crippen LogP contribution in [0.5, 0.6) is 0 Å². The monoisotopic (exact) mass is 280 g/mol. The van der Waals surface area contributed by atoms with Crippen LogP contribution in [-0.2, 0) is 0 Å². The molecule has 5 nitrogen and oxygen atoms in total. The molecule has 2 rings (SSSR count). The highest BCUT2D eigenvalue weighted by Gasteiger charge is 2.25. The average molecular weight is 280 g/mol.